The van der Waals surface area contributed by atoms with Crippen LogP contribution in [0.3, 0.4) is 0 Å². The molecular formula is C14H19ClN2. The molecular weight excluding hydrogens is 232 g/mol. The molecule has 3 rings (SSSR count). The Morgan fingerprint density at radius 3 is 3.06 bits per heavy atom. The lowest BCUT2D eigenvalue weighted by molar-refractivity contribution is 0.288. The second-order valence-corrected chi connectivity index (χ2v) is 5.51. The van der Waals surface area contributed by atoms with Gasteiger partial charge in [0.2, 0.25) is 0 Å². The highest BCUT2D eigenvalue weighted by Crippen LogP contribution is 2.35. The van der Waals surface area contributed by atoms with Gasteiger partial charge >= 0.3 is 0 Å². The zero-order valence-electron chi connectivity index (χ0n) is 10.3. The lowest BCUT2D eigenvalue weighted by atomic mass is 10.1. The van der Waals surface area contributed by atoms with Crippen molar-refractivity contribution in [2.24, 2.45) is 0 Å². The number of nitrogens with zero attached hydrogens (tertiary/aromatic N) is 2. The molecule has 1 atom stereocenters. The number of benzene rings is 1. The van der Waals surface area contributed by atoms with Crippen LogP contribution in [-0.2, 0) is 6.42 Å². The molecule has 0 saturated carbocycles. The summed E-state index contributed by atoms with van der Waals surface area (Å²) in [5.41, 5.74) is 2.85. The van der Waals surface area contributed by atoms with Gasteiger partial charge in [-0.25, -0.2) is 0 Å². The molecule has 1 saturated heterocycles. The fraction of sp³-hybridized carbons (Fsp3) is 0.571. The van der Waals surface area contributed by atoms with Gasteiger partial charge < -0.3 is 9.80 Å². The quantitative estimate of drug-likeness (QED) is 0.756. The number of hydrogen-bond acceptors (Lipinski definition) is 2. The average molecular weight is 251 g/mol. The molecule has 0 aliphatic carbocycles. The van der Waals surface area contributed by atoms with E-state index in [1.54, 1.807) is 0 Å². The van der Waals surface area contributed by atoms with E-state index in [2.05, 4.69) is 28.9 Å². The van der Waals surface area contributed by atoms with Gasteiger partial charge in [-0.3, -0.25) is 0 Å². The topological polar surface area (TPSA) is 6.48 Å². The Morgan fingerprint density at radius 2 is 2.24 bits per heavy atom. The number of halogens is 1. The Labute approximate surface area is 108 Å². The first kappa shape index (κ1) is 11.4. The molecule has 2 aliphatic heterocycles. The van der Waals surface area contributed by atoms with E-state index < -0.39 is 0 Å². The zero-order chi connectivity index (χ0) is 11.8. The first-order chi connectivity index (χ1) is 8.28. The van der Waals surface area contributed by atoms with E-state index in [1.807, 2.05) is 6.07 Å². The van der Waals surface area contributed by atoms with E-state index in [-0.39, 0.29) is 0 Å². The molecule has 0 amide bonds. The smallest absolute Gasteiger partial charge is 0.0458 e. The first-order valence-electron chi connectivity index (χ1n) is 6.55. The fourth-order valence-corrected chi connectivity index (χ4v) is 3.31. The minimum atomic E-state index is 0.658. The van der Waals surface area contributed by atoms with Crippen LogP contribution in [0.25, 0.3) is 0 Å². The molecule has 92 valence electrons. The van der Waals surface area contributed by atoms with E-state index in [0.717, 1.165) is 5.02 Å². The molecule has 1 aromatic carbocycles. The van der Waals surface area contributed by atoms with Crippen LogP contribution in [-0.4, -0.2) is 37.1 Å². The maximum Gasteiger partial charge on any atom is 0.0458 e. The summed E-state index contributed by atoms with van der Waals surface area (Å²) in [5, 5.41) is 0.862. The van der Waals surface area contributed by atoms with Crippen LogP contribution < -0.4 is 4.90 Å². The van der Waals surface area contributed by atoms with Crippen molar-refractivity contribution < 1.29 is 0 Å². The third kappa shape index (κ3) is 2.04. The first-order valence-corrected chi connectivity index (χ1v) is 6.93. The van der Waals surface area contributed by atoms with Crippen molar-refractivity contribution in [2.75, 3.05) is 31.1 Å². The molecule has 2 heterocycles. The predicted octanol–water partition coefficient (Wildman–Crippen LogP) is 2.80. The van der Waals surface area contributed by atoms with Gasteiger partial charge in [0.25, 0.3) is 0 Å². The molecule has 1 aromatic rings. The lowest BCUT2D eigenvalue weighted by Crippen LogP contribution is -2.38. The molecule has 1 fully saturated rings. The Kier molecular flexibility index (Phi) is 3.01. The monoisotopic (exact) mass is 250 g/mol. The van der Waals surface area contributed by atoms with Gasteiger partial charge in [0.05, 0.1) is 0 Å². The minimum absolute atomic E-state index is 0.658. The maximum atomic E-state index is 6.11. The number of rotatable bonds is 1. The molecule has 2 aliphatic rings. The van der Waals surface area contributed by atoms with Crippen LogP contribution in [0.15, 0.2) is 18.2 Å². The van der Waals surface area contributed by atoms with E-state index in [4.69, 9.17) is 11.6 Å². The van der Waals surface area contributed by atoms with E-state index >= 15 is 0 Å². The Morgan fingerprint density at radius 1 is 1.35 bits per heavy atom. The molecule has 0 aromatic heterocycles. The molecule has 0 radical (unpaired) electrons. The molecule has 0 bridgehead atoms. The van der Waals surface area contributed by atoms with Gasteiger partial charge in [-0.2, -0.15) is 0 Å². The molecule has 0 spiro atoms. The lowest BCUT2D eigenvalue weighted by Gasteiger charge is -2.26. The third-order valence-electron chi connectivity index (χ3n) is 4.04. The average Bonchev–Trinajstić information content (AvgIpc) is 2.54. The van der Waals surface area contributed by atoms with Crippen molar-refractivity contribution in [3.8, 4) is 0 Å². The summed E-state index contributed by atoms with van der Waals surface area (Å²) in [6.07, 6.45) is 2.44. The largest absolute Gasteiger partial charge is 0.367 e. The summed E-state index contributed by atoms with van der Waals surface area (Å²) >= 11 is 6.11. The second-order valence-electron chi connectivity index (χ2n) is 5.07. The van der Waals surface area contributed by atoms with Crippen molar-refractivity contribution in [3.63, 3.8) is 0 Å². The second kappa shape index (κ2) is 4.51. The summed E-state index contributed by atoms with van der Waals surface area (Å²) in [4.78, 5) is 5.13. The van der Waals surface area contributed by atoms with Gasteiger partial charge in [-0.15, -0.1) is 0 Å². The van der Waals surface area contributed by atoms with Crippen molar-refractivity contribution in [3.05, 3.63) is 28.8 Å². The van der Waals surface area contributed by atoms with E-state index in [1.165, 1.54) is 50.3 Å². The van der Waals surface area contributed by atoms with Gasteiger partial charge in [-0.05, 0) is 43.6 Å². The normalized spacial score (nSPS) is 24.4. The van der Waals surface area contributed by atoms with Crippen LogP contribution in [0.4, 0.5) is 5.69 Å². The van der Waals surface area contributed by atoms with Crippen molar-refractivity contribution in [2.45, 2.75) is 25.8 Å². The third-order valence-corrected chi connectivity index (χ3v) is 4.28. The summed E-state index contributed by atoms with van der Waals surface area (Å²) in [5.74, 6) is 0. The van der Waals surface area contributed by atoms with Gasteiger partial charge in [-0.1, -0.05) is 24.6 Å². The van der Waals surface area contributed by atoms with Gasteiger partial charge in [0.15, 0.2) is 0 Å². The summed E-state index contributed by atoms with van der Waals surface area (Å²) in [6, 6.07) is 7.01. The van der Waals surface area contributed by atoms with Crippen molar-refractivity contribution in [1.29, 1.82) is 0 Å². The van der Waals surface area contributed by atoms with E-state index in [9.17, 15) is 0 Å². The number of anilines is 1. The molecule has 1 unspecified atom stereocenters. The summed E-state index contributed by atoms with van der Waals surface area (Å²) in [7, 11) is 0. The van der Waals surface area contributed by atoms with Crippen LogP contribution in [0.5, 0.6) is 0 Å². The van der Waals surface area contributed by atoms with Crippen LogP contribution >= 0.6 is 11.6 Å². The standard InChI is InChI=1S/C14H19ClN2/c1-2-16-6-3-7-17-13(10-16)8-11-4-5-12(15)9-14(11)17/h4-5,9,13H,2-3,6-8,10H2,1H3. The minimum Gasteiger partial charge on any atom is -0.367 e. The SMILES string of the molecule is CCN1CCCN2c3cc(Cl)ccc3CC2C1. The molecule has 2 nitrogen and oxygen atoms in total. The van der Waals surface area contributed by atoms with Crippen LogP contribution in [0.1, 0.15) is 18.9 Å². The van der Waals surface area contributed by atoms with Gasteiger partial charge in [0.1, 0.15) is 0 Å². The Balaban J connectivity index is 1.89. The highest BCUT2D eigenvalue weighted by atomic mass is 35.5. The molecule has 3 heteroatoms. The fourth-order valence-electron chi connectivity index (χ4n) is 3.15. The van der Waals surface area contributed by atoms with E-state index in [0.29, 0.717) is 6.04 Å². The van der Waals surface area contributed by atoms with Crippen molar-refractivity contribution >= 4 is 17.3 Å². The zero-order valence-corrected chi connectivity index (χ0v) is 11.1. The highest BCUT2D eigenvalue weighted by molar-refractivity contribution is 6.30. The van der Waals surface area contributed by atoms with Crippen LogP contribution in [0.2, 0.25) is 5.02 Å². The number of hydrogen-bond donors (Lipinski definition) is 0. The Hall–Kier alpha value is -0.730. The Bertz CT molecular complexity index is 419. The molecule has 17 heavy (non-hydrogen) atoms. The highest BCUT2D eigenvalue weighted by Gasteiger charge is 2.31. The van der Waals surface area contributed by atoms with Crippen molar-refractivity contribution in [1.82, 2.24) is 4.90 Å². The maximum absolute atomic E-state index is 6.11. The number of likely N-dealkylation sites (N-methyl/N-ethyl adjacent to an activating group) is 1. The number of fused-ring (bicyclic) bond motifs is 3. The van der Waals surface area contributed by atoms with Crippen LogP contribution in [0, 0.1) is 0 Å². The summed E-state index contributed by atoms with van der Waals surface area (Å²) in [6.45, 7) is 7.03. The molecule has 0 N–H and O–H groups in total. The summed E-state index contributed by atoms with van der Waals surface area (Å²) < 4.78 is 0. The predicted molar refractivity (Wildman–Crippen MR) is 73.0 cm³/mol. The van der Waals surface area contributed by atoms with Gasteiger partial charge in [0, 0.05) is 29.8 Å².